The van der Waals surface area contributed by atoms with Crippen LogP contribution >= 0.6 is 0 Å². The Morgan fingerprint density at radius 1 is 1.00 bits per heavy atom. The molecule has 1 saturated heterocycles. The Hall–Kier alpha value is -0.810. The number of hydrogen-bond acceptors (Lipinski definition) is 3. The minimum atomic E-state index is 0.607. The summed E-state index contributed by atoms with van der Waals surface area (Å²) in [4.78, 5) is 9.75. The summed E-state index contributed by atoms with van der Waals surface area (Å²) < 4.78 is 0. The van der Waals surface area contributed by atoms with Gasteiger partial charge in [-0.15, -0.1) is 0 Å². The molecule has 1 rings (SSSR count). The van der Waals surface area contributed by atoms with Crippen molar-refractivity contribution in [3.8, 4) is 0 Å². The lowest BCUT2D eigenvalue weighted by molar-refractivity contribution is 0.125. The van der Waals surface area contributed by atoms with Crippen LogP contribution in [-0.2, 0) is 0 Å². The van der Waals surface area contributed by atoms with E-state index < -0.39 is 0 Å². The number of hydrogen-bond donors (Lipinski definition) is 2. The molecule has 1 unspecified atom stereocenters. The fraction of sp³-hybridized carbons (Fsp3) is 0.933. The fourth-order valence-corrected chi connectivity index (χ4v) is 2.54. The fourth-order valence-electron chi connectivity index (χ4n) is 2.54. The van der Waals surface area contributed by atoms with Crippen LogP contribution < -0.4 is 10.6 Å². The number of nitrogens with zero attached hydrogens (tertiary/aromatic N) is 3. The average molecular weight is 283 g/mol. The van der Waals surface area contributed by atoms with Gasteiger partial charge < -0.3 is 20.4 Å². The topological polar surface area (TPSA) is 42.9 Å². The van der Waals surface area contributed by atoms with Gasteiger partial charge in [0.1, 0.15) is 0 Å². The first-order chi connectivity index (χ1) is 9.69. The van der Waals surface area contributed by atoms with Gasteiger partial charge in [-0.1, -0.05) is 13.8 Å². The highest BCUT2D eigenvalue weighted by molar-refractivity contribution is 5.79. The summed E-state index contributed by atoms with van der Waals surface area (Å²) in [6, 6.07) is 0. The monoisotopic (exact) mass is 283 g/mol. The normalized spacial score (nSPS) is 18.6. The molecule has 0 aromatic rings. The third-order valence-corrected chi connectivity index (χ3v) is 3.73. The third-order valence-electron chi connectivity index (χ3n) is 3.73. The van der Waals surface area contributed by atoms with Gasteiger partial charge in [-0.05, 0) is 26.3 Å². The molecule has 0 amide bonds. The van der Waals surface area contributed by atoms with Gasteiger partial charge in [0, 0.05) is 52.4 Å². The van der Waals surface area contributed by atoms with Gasteiger partial charge in [-0.2, -0.15) is 0 Å². The molecule has 1 aliphatic rings. The predicted molar refractivity (Wildman–Crippen MR) is 87.4 cm³/mol. The number of nitrogens with one attached hydrogen (secondary N) is 2. The van der Waals surface area contributed by atoms with Gasteiger partial charge in [-0.3, -0.25) is 4.99 Å². The van der Waals surface area contributed by atoms with Gasteiger partial charge in [-0.25, -0.2) is 0 Å². The van der Waals surface area contributed by atoms with Gasteiger partial charge in [0.05, 0.1) is 0 Å². The second kappa shape index (κ2) is 10.00. The molecule has 0 radical (unpaired) electrons. The second-order valence-corrected chi connectivity index (χ2v) is 5.59. The van der Waals surface area contributed by atoms with Crippen molar-refractivity contribution in [3.63, 3.8) is 0 Å². The van der Waals surface area contributed by atoms with Crippen molar-refractivity contribution in [1.82, 2.24) is 20.4 Å². The quantitative estimate of drug-likeness (QED) is 0.537. The average Bonchev–Trinajstić information content (AvgIpc) is 2.46. The first-order valence-electron chi connectivity index (χ1n) is 8.16. The second-order valence-electron chi connectivity index (χ2n) is 5.59. The van der Waals surface area contributed by atoms with Crippen molar-refractivity contribution in [1.29, 1.82) is 0 Å². The van der Waals surface area contributed by atoms with E-state index in [1.165, 1.54) is 32.7 Å². The van der Waals surface area contributed by atoms with E-state index in [1.54, 1.807) is 0 Å². The van der Waals surface area contributed by atoms with Crippen LogP contribution in [-0.4, -0.2) is 74.7 Å². The standard InChI is InChI=1S/C15H33N5/c1-5-16-15(17-6-2)18-12-14(4)13-20-10-8-19(7-3)9-11-20/h14H,5-13H2,1-4H3,(H2,16,17,18). The van der Waals surface area contributed by atoms with Crippen molar-refractivity contribution in [3.05, 3.63) is 0 Å². The van der Waals surface area contributed by atoms with Gasteiger partial charge >= 0.3 is 0 Å². The summed E-state index contributed by atoms with van der Waals surface area (Å²) in [5.74, 6) is 1.55. The molecule has 0 saturated carbocycles. The molecule has 5 nitrogen and oxygen atoms in total. The molecule has 2 N–H and O–H groups in total. The number of guanidine groups is 1. The molecule has 1 atom stereocenters. The summed E-state index contributed by atoms with van der Waals surface area (Å²) in [6.07, 6.45) is 0. The van der Waals surface area contributed by atoms with Crippen molar-refractivity contribution in [2.45, 2.75) is 27.7 Å². The zero-order valence-corrected chi connectivity index (χ0v) is 13.8. The summed E-state index contributed by atoms with van der Waals surface area (Å²) in [5.41, 5.74) is 0. The lowest BCUT2D eigenvalue weighted by atomic mass is 10.1. The first-order valence-corrected chi connectivity index (χ1v) is 8.16. The van der Waals surface area contributed by atoms with Crippen LogP contribution in [0.1, 0.15) is 27.7 Å². The molecular weight excluding hydrogens is 250 g/mol. The molecule has 0 spiro atoms. The Morgan fingerprint density at radius 3 is 2.05 bits per heavy atom. The molecule has 0 bridgehead atoms. The maximum Gasteiger partial charge on any atom is 0.191 e. The van der Waals surface area contributed by atoms with Crippen LogP contribution in [0.2, 0.25) is 0 Å². The van der Waals surface area contributed by atoms with Gasteiger partial charge in [0.2, 0.25) is 0 Å². The Bertz CT molecular complexity index is 263. The first kappa shape index (κ1) is 17.2. The van der Waals surface area contributed by atoms with Crippen molar-refractivity contribution in [2.75, 3.05) is 58.9 Å². The molecule has 118 valence electrons. The maximum atomic E-state index is 4.66. The summed E-state index contributed by atoms with van der Waals surface area (Å²) >= 11 is 0. The van der Waals surface area contributed by atoms with E-state index >= 15 is 0 Å². The molecule has 20 heavy (non-hydrogen) atoms. The maximum absolute atomic E-state index is 4.66. The molecule has 0 aromatic heterocycles. The van der Waals surface area contributed by atoms with Gasteiger partial charge in [0.15, 0.2) is 5.96 Å². The van der Waals surface area contributed by atoms with Crippen molar-refractivity contribution < 1.29 is 0 Å². The predicted octanol–water partition coefficient (Wildman–Crippen LogP) is 0.835. The third kappa shape index (κ3) is 6.57. The van der Waals surface area contributed by atoms with E-state index in [0.29, 0.717) is 5.92 Å². The zero-order valence-electron chi connectivity index (χ0n) is 13.8. The zero-order chi connectivity index (χ0) is 14.8. The lowest BCUT2D eigenvalue weighted by Gasteiger charge is -2.35. The molecule has 0 aromatic carbocycles. The van der Waals surface area contributed by atoms with Crippen LogP contribution in [0.3, 0.4) is 0 Å². The molecule has 1 aliphatic heterocycles. The number of rotatable bonds is 7. The summed E-state index contributed by atoms with van der Waals surface area (Å²) in [6.45, 7) is 18.6. The van der Waals surface area contributed by atoms with E-state index in [4.69, 9.17) is 0 Å². The van der Waals surface area contributed by atoms with Crippen LogP contribution in [0, 0.1) is 5.92 Å². The van der Waals surface area contributed by atoms with E-state index in [9.17, 15) is 0 Å². The Balaban J connectivity index is 2.28. The van der Waals surface area contributed by atoms with Crippen LogP contribution in [0.25, 0.3) is 0 Å². The number of aliphatic imine (C=N–C) groups is 1. The molecule has 5 heteroatoms. The minimum Gasteiger partial charge on any atom is -0.357 e. The van der Waals surface area contributed by atoms with Crippen LogP contribution in [0.4, 0.5) is 0 Å². The van der Waals surface area contributed by atoms with Gasteiger partial charge in [0.25, 0.3) is 0 Å². The SMILES string of the molecule is CCNC(=NCC(C)CN1CCN(CC)CC1)NCC. The van der Waals surface area contributed by atoms with Crippen LogP contribution in [0.5, 0.6) is 0 Å². The molecule has 1 heterocycles. The molecule has 0 aliphatic carbocycles. The summed E-state index contributed by atoms with van der Waals surface area (Å²) in [5, 5.41) is 6.55. The van der Waals surface area contributed by atoms with E-state index in [-0.39, 0.29) is 0 Å². The highest BCUT2D eigenvalue weighted by Crippen LogP contribution is 2.05. The highest BCUT2D eigenvalue weighted by atomic mass is 15.3. The van der Waals surface area contributed by atoms with Crippen LogP contribution in [0.15, 0.2) is 4.99 Å². The highest BCUT2D eigenvalue weighted by Gasteiger charge is 2.17. The smallest absolute Gasteiger partial charge is 0.191 e. The van der Waals surface area contributed by atoms with E-state index in [0.717, 1.165) is 32.1 Å². The molecule has 1 fully saturated rings. The number of piperazine rings is 1. The Morgan fingerprint density at radius 2 is 1.55 bits per heavy atom. The minimum absolute atomic E-state index is 0.607. The summed E-state index contributed by atoms with van der Waals surface area (Å²) in [7, 11) is 0. The van der Waals surface area contributed by atoms with E-state index in [2.05, 4.69) is 53.1 Å². The lowest BCUT2D eigenvalue weighted by Crippen LogP contribution is -2.47. The van der Waals surface area contributed by atoms with E-state index in [1.807, 2.05) is 0 Å². The van der Waals surface area contributed by atoms with Crippen molar-refractivity contribution >= 4 is 5.96 Å². The van der Waals surface area contributed by atoms with Crippen molar-refractivity contribution in [2.24, 2.45) is 10.9 Å². The molecular formula is C15H33N5. The Kier molecular flexibility index (Phi) is 8.62. The largest absolute Gasteiger partial charge is 0.357 e. The number of likely N-dealkylation sites (N-methyl/N-ethyl adjacent to an activating group) is 1. The Labute approximate surface area is 124 Å².